The Bertz CT molecular complexity index is 917. The summed E-state index contributed by atoms with van der Waals surface area (Å²) in [5, 5.41) is 1.80. The van der Waals surface area contributed by atoms with Gasteiger partial charge in [-0.1, -0.05) is 50.6 Å². The zero-order valence-electron chi connectivity index (χ0n) is 14.2. The van der Waals surface area contributed by atoms with E-state index in [1.165, 1.54) is 21.8 Å². The second-order valence-electron chi connectivity index (χ2n) is 6.02. The first-order valence-electron chi connectivity index (χ1n) is 8.27. The molecule has 2 aromatic heterocycles. The third kappa shape index (κ3) is 3.79. The van der Waals surface area contributed by atoms with Crippen molar-refractivity contribution in [1.82, 2.24) is 9.38 Å². The van der Waals surface area contributed by atoms with Crippen LogP contribution in [0.5, 0.6) is 0 Å². The average molecular weight is 356 g/mol. The van der Waals surface area contributed by atoms with Crippen molar-refractivity contribution < 1.29 is 9.53 Å². The van der Waals surface area contributed by atoms with Gasteiger partial charge in [0.15, 0.2) is 4.96 Å². The summed E-state index contributed by atoms with van der Waals surface area (Å²) in [5.41, 5.74) is 1.25. The number of nitrogens with zero attached hydrogens (tertiary/aromatic N) is 2. The normalized spacial score (nSPS) is 13.5. The van der Waals surface area contributed by atoms with Crippen molar-refractivity contribution in [1.29, 1.82) is 0 Å². The first-order chi connectivity index (χ1) is 12.1. The van der Waals surface area contributed by atoms with Crippen LogP contribution in [0.3, 0.4) is 0 Å². The van der Waals surface area contributed by atoms with Gasteiger partial charge in [0.2, 0.25) is 0 Å². The number of carbonyl (C=O) groups is 1. The molecular weight excluding hydrogens is 336 g/mol. The summed E-state index contributed by atoms with van der Waals surface area (Å²) >= 11 is 1.37. The lowest BCUT2D eigenvalue weighted by Crippen LogP contribution is -2.23. The van der Waals surface area contributed by atoms with Gasteiger partial charge in [-0.25, -0.2) is 4.98 Å². The molecule has 0 N–H and O–H groups in total. The van der Waals surface area contributed by atoms with Crippen LogP contribution in [0.2, 0.25) is 0 Å². The Morgan fingerprint density at radius 3 is 2.80 bits per heavy atom. The molecule has 0 saturated heterocycles. The van der Waals surface area contributed by atoms with E-state index in [1.807, 2.05) is 37.3 Å². The first-order valence-corrected chi connectivity index (χ1v) is 9.15. The highest BCUT2D eigenvalue weighted by Gasteiger charge is 2.27. The summed E-state index contributed by atoms with van der Waals surface area (Å²) in [6.07, 6.45) is 2.55. The molecule has 0 fully saturated rings. The number of benzene rings is 1. The van der Waals surface area contributed by atoms with Gasteiger partial charge in [-0.2, -0.15) is 0 Å². The van der Waals surface area contributed by atoms with E-state index >= 15 is 0 Å². The molecule has 5 nitrogen and oxygen atoms in total. The molecule has 0 saturated carbocycles. The fourth-order valence-corrected chi connectivity index (χ4v) is 3.53. The maximum absolute atomic E-state index is 12.7. The molecule has 3 aromatic rings. The lowest BCUT2D eigenvalue weighted by Gasteiger charge is -2.21. The second kappa shape index (κ2) is 7.61. The Morgan fingerprint density at radius 2 is 2.08 bits per heavy atom. The minimum Gasteiger partial charge on any atom is -0.459 e. The zero-order valence-corrected chi connectivity index (χ0v) is 15.0. The molecule has 2 atom stereocenters. The predicted molar refractivity (Wildman–Crippen MR) is 97.8 cm³/mol. The fourth-order valence-electron chi connectivity index (χ4n) is 2.79. The van der Waals surface area contributed by atoms with Gasteiger partial charge in [-0.15, -0.1) is 11.3 Å². The Balaban J connectivity index is 1.77. The van der Waals surface area contributed by atoms with Crippen molar-refractivity contribution in [3.8, 4) is 0 Å². The minimum atomic E-state index is -0.322. The van der Waals surface area contributed by atoms with Crippen molar-refractivity contribution in [2.24, 2.45) is 5.92 Å². The number of hydrogen-bond acceptors (Lipinski definition) is 5. The number of rotatable bonds is 6. The van der Waals surface area contributed by atoms with Gasteiger partial charge >= 0.3 is 5.97 Å². The maximum atomic E-state index is 12.7. The summed E-state index contributed by atoms with van der Waals surface area (Å²) in [4.78, 5) is 29.7. The van der Waals surface area contributed by atoms with E-state index in [2.05, 4.69) is 11.9 Å². The van der Waals surface area contributed by atoms with E-state index in [-0.39, 0.29) is 30.0 Å². The van der Waals surface area contributed by atoms with Crippen molar-refractivity contribution in [2.45, 2.75) is 32.8 Å². The van der Waals surface area contributed by atoms with E-state index < -0.39 is 0 Å². The summed E-state index contributed by atoms with van der Waals surface area (Å²) in [6.45, 7) is 4.10. The topological polar surface area (TPSA) is 60.7 Å². The molecule has 0 aliphatic carbocycles. The molecule has 2 heterocycles. The highest BCUT2D eigenvalue weighted by molar-refractivity contribution is 7.15. The summed E-state index contributed by atoms with van der Waals surface area (Å²) in [6, 6.07) is 11.1. The number of ether oxygens (including phenoxy) is 1. The van der Waals surface area contributed by atoms with Gasteiger partial charge in [0.1, 0.15) is 6.61 Å². The predicted octanol–water partition coefficient (Wildman–Crippen LogP) is 3.63. The standard InChI is InChI=1S/C19H20N2O3S/c1-3-13(2)17(14-7-5-4-6-8-14)18(23)24-12-15-11-16(22)21-9-10-25-19(21)20-15/h4-11,13,17H,3,12H2,1-2H3/t13-,17+/m1/s1. The van der Waals surface area contributed by atoms with Gasteiger partial charge in [0, 0.05) is 17.6 Å². The SMILES string of the molecule is CC[C@@H](C)[C@H](C(=O)OCc1cc(=O)n2ccsc2n1)c1ccccc1. The van der Waals surface area contributed by atoms with Crippen LogP contribution in [-0.2, 0) is 16.1 Å². The van der Waals surface area contributed by atoms with Crippen molar-refractivity contribution in [2.75, 3.05) is 0 Å². The van der Waals surface area contributed by atoms with Gasteiger partial charge < -0.3 is 4.74 Å². The Hall–Kier alpha value is -2.47. The van der Waals surface area contributed by atoms with Crippen LogP contribution in [0.4, 0.5) is 0 Å². The Morgan fingerprint density at radius 1 is 1.32 bits per heavy atom. The number of aromatic nitrogens is 2. The van der Waals surface area contributed by atoms with Gasteiger partial charge in [-0.3, -0.25) is 14.0 Å². The van der Waals surface area contributed by atoms with Crippen LogP contribution >= 0.6 is 11.3 Å². The minimum absolute atomic E-state index is 0.00222. The molecule has 0 amide bonds. The van der Waals surface area contributed by atoms with Crippen molar-refractivity contribution in [3.05, 3.63) is 69.6 Å². The van der Waals surface area contributed by atoms with Crippen LogP contribution < -0.4 is 5.56 Å². The summed E-state index contributed by atoms with van der Waals surface area (Å²) < 4.78 is 6.98. The monoisotopic (exact) mass is 356 g/mol. The smallest absolute Gasteiger partial charge is 0.314 e. The largest absolute Gasteiger partial charge is 0.459 e. The second-order valence-corrected chi connectivity index (χ2v) is 6.90. The van der Waals surface area contributed by atoms with Gasteiger partial charge in [0.05, 0.1) is 11.6 Å². The molecule has 0 aliphatic heterocycles. The third-order valence-electron chi connectivity index (χ3n) is 4.34. The quantitative estimate of drug-likeness (QED) is 0.633. The highest BCUT2D eigenvalue weighted by atomic mass is 32.1. The molecule has 130 valence electrons. The molecule has 1 aromatic carbocycles. The maximum Gasteiger partial charge on any atom is 0.314 e. The number of hydrogen-bond donors (Lipinski definition) is 0. The molecule has 0 bridgehead atoms. The van der Waals surface area contributed by atoms with Crippen molar-refractivity contribution in [3.63, 3.8) is 0 Å². The summed E-state index contributed by atoms with van der Waals surface area (Å²) in [7, 11) is 0. The lowest BCUT2D eigenvalue weighted by atomic mass is 9.86. The van der Waals surface area contributed by atoms with Crippen LogP contribution in [0.1, 0.15) is 37.4 Å². The molecule has 25 heavy (non-hydrogen) atoms. The number of thiazole rings is 1. The van der Waals surface area contributed by atoms with Gasteiger partial charge in [-0.05, 0) is 11.5 Å². The number of carbonyl (C=O) groups excluding carboxylic acids is 1. The molecular formula is C19H20N2O3S. The summed E-state index contributed by atoms with van der Waals surface area (Å²) in [5.74, 6) is -0.445. The number of esters is 1. The zero-order chi connectivity index (χ0) is 17.8. The van der Waals surface area contributed by atoms with E-state index in [9.17, 15) is 9.59 Å². The molecule has 0 spiro atoms. The van der Waals surface area contributed by atoms with Crippen molar-refractivity contribution >= 4 is 22.3 Å². The van der Waals surface area contributed by atoms with Crippen LogP contribution in [0, 0.1) is 5.92 Å². The molecule has 0 radical (unpaired) electrons. The lowest BCUT2D eigenvalue weighted by molar-refractivity contribution is -0.148. The van der Waals surface area contributed by atoms with E-state index in [1.54, 1.807) is 11.6 Å². The fraction of sp³-hybridized carbons (Fsp3) is 0.316. The number of fused-ring (bicyclic) bond motifs is 1. The third-order valence-corrected chi connectivity index (χ3v) is 5.10. The Kier molecular flexibility index (Phi) is 5.28. The van der Waals surface area contributed by atoms with Crippen LogP contribution in [-0.4, -0.2) is 15.4 Å². The molecule has 6 heteroatoms. The van der Waals surface area contributed by atoms with E-state index in [4.69, 9.17) is 4.74 Å². The molecule has 3 rings (SSSR count). The van der Waals surface area contributed by atoms with Gasteiger partial charge in [0.25, 0.3) is 5.56 Å². The highest BCUT2D eigenvalue weighted by Crippen LogP contribution is 2.28. The Labute approximate surface area is 149 Å². The molecule has 0 unspecified atom stereocenters. The first kappa shape index (κ1) is 17.4. The van der Waals surface area contributed by atoms with Crippen LogP contribution in [0.15, 0.2) is 52.8 Å². The van der Waals surface area contributed by atoms with E-state index in [0.29, 0.717) is 10.7 Å². The van der Waals surface area contributed by atoms with E-state index in [0.717, 1.165) is 12.0 Å². The van der Waals surface area contributed by atoms with Crippen LogP contribution in [0.25, 0.3) is 4.96 Å². The average Bonchev–Trinajstić information content (AvgIpc) is 3.10. The molecule has 0 aliphatic rings.